The Morgan fingerprint density at radius 1 is 1.29 bits per heavy atom. The van der Waals surface area contributed by atoms with Gasteiger partial charge in [0.25, 0.3) is 10.0 Å². The highest BCUT2D eigenvalue weighted by atomic mass is 32.2. The van der Waals surface area contributed by atoms with Crippen molar-refractivity contribution in [3.63, 3.8) is 0 Å². The fraction of sp³-hybridized carbons (Fsp3) is 0.667. The first kappa shape index (κ1) is 18.1. The Kier molecular flexibility index (Phi) is 7.28. The Hall–Kier alpha value is -0.980. The summed E-state index contributed by atoms with van der Waals surface area (Å²) in [5.41, 5.74) is 0.971. The van der Waals surface area contributed by atoms with Crippen molar-refractivity contribution >= 4 is 10.0 Å². The number of sulfonamides is 1. The van der Waals surface area contributed by atoms with E-state index >= 15 is 0 Å². The molecule has 0 radical (unpaired) electrons. The zero-order chi connectivity index (χ0) is 15.9. The monoisotopic (exact) mass is 313 g/mol. The molecule has 6 heteroatoms. The molecule has 21 heavy (non-hydrogen) atoms. The van der Waals surface area contributed by atoms with E-state index in [1.807, 2.05) is 20.9 Å². The summed E-state index contributed by atoms with van der Waals surface area (Å²) in [5.74, 6) is 0. The van der Waals surface area contributed by atoms with Gasteiger partial charge in [0.2, 0.25) is 0 Å². The summed E-state index contributed by atoms with van der Waals surface area (Å²) in [7, 11) is -1.66. The van der Waals surface area contributed by atoms with Gasteiger partial charge in [-0.3, -0.25) is 0 Å². The van der Waals surface area contributed by atoms with Gasteiger partial charge in [0.05, 0.1) is 0 Å². The molecule has 1 N–H and O–H groups in total. The van der Waals surface area contributed by atoms with E-state index in [4.69, 9.17) is 0 Å². The van der Waals surface area contributed by atoms with Crippen molar-refractivity contribution in [1.82, 2.24) is 14.6 Å². The van der Waals surface area contributed by atoms with E-state index in [0.717, 1.165) is 24.8 Å². The SMILES string of the molecule is CCCCCN(C(C)C)S(=O)(=O)c1ccc(CNC)cn1. The lowest BCUT2D eigenvalue weighted by atomic mass is 10.2. The second kappa shape index (κ2) is 8.46. The van der Waals surface area contributed by atoms with E-state index < -0.39 is 10.0 Å². The van der Waals surface area contributed by atoms with Crippen LogP contribution in [0.4, 0.5) is 0 Å². The third kappa shape index (κ3) is 5.05. The van der Waals surface area contributed by atoms with E-state index in [0.29, 0.717) is 13.1 Å². The molecule has 1 aromatic rings. The van der Waals surface area contributed by atoms with E-state index in [1.54, 1.807) is 22.6 Å². The van der Waals surface area contributed by atoms with Crippen LogP contribution < -0.4 is 5.32 Å². The number of hydrogen-bond acceptors (Lipinski definition) is 4. The summed E-state index contributed by atoms with van der Waals surface area (Å²) < 4.78 is 26.9. The van der Waals surface area contributed by atoms with Crippen LogP contribution in [-0.4, -0.2) is 37.3 Å². The number of nitrogens with zero attached hydrogens (tertiary/aromatic N) is 2. The summed E-state index contributed by atoms with van der Waals surface area (Å²) in [4.78, 5) is 4.13. The molecule has 0 atom stereocenters. The molecule has 1 aromatic heterocycles. The lowest BCUT2D eigenvalue weighted by molar-refractivity contribution is 0.344. The minimum absolute atomic E-state index is 0.0642. The smallest absolute Gasteiger partial charge is 0.260 e. The van der Waals surface area contributed by atoms with Crippen molar-refractivity contribution in [3.8, 4) is 0 Å². The second-order valence-electron chi connectivity index (χ2n) is 5.45. The molecule has 0 aliphatic heterocycles. The van der Waals surface area contributed by atoms with Crippen LogP contribution in [0.25, 0.3) is 0 Å². The molecule has 1 heterocycles. The van der Waals surface area contributed by atoms with Crippen molar-refractivity contribution in [2.75, 3.05) is 13.6 Å². The number of hydrogen-bond donors (Lipinski definition) is 1. The molecule has 0 spiro atoms. The number of pyridine rings is 1. The first-order valence-electron chi connectivity index (χ1n) is 7.54. The third-order valence-electron chi connectivity index (χ3n) is 3.31. The highest BCUT2D eigenvalue weighted by molar-refractivity contribution is 7.89. The topological polar surface area (TPSA) is 62.3 Å². The number of unbranched alkanes of at least 4 members (excludes halogenated alkanes) is 2. The average molecular weight is 313 g/mol. The fourth-order valence-corrected chi connectivity index (χ4v) is 3.76. The predicted molar refractivity (Wildman–Crippen MR) is 85.6 cm³/mol. The predicted octanol–water partition coefficient (Wildman–Crippen LogP) is 2.39. The molecule has 0 unspecified atom stereocenters. The van der Waals surface area contributed by atoms with Gasteiger partial charge < -0.3 is 5.32 Å². The van der Waals surface area contributed by atoms with Gasteiger partial charge in [-0.1, -0.05) is 25.8 Å². The van der Waals surface area contributed by atoms with Crippen molar-refractivity contribution in [3.05, 3.63) is 23.9 Å². The average Bonchev–Trinajstić information content (AvgIpc) is 2.44. The maximum absolute atomic E-state index is 12.7. The zero-order valence-corrected chi connectivity index (χ0v) is 14.3. The Morgan fingerprint density at radius 2 is 2.00 bits per heavy atom. The summed E-state index contributed by atoms with van der Waals surface area (Å²) in [6, 6.07) is 3.34. The van der Waals surface area contributed by atoms with Crippen LogP contribution in [0.1, 0.15) is 45.6 Å². The van der Waals surface area contributed by atoms with Gasteiger partial charge in [-0.25, -0.2) is 13.4 Å². The molecule has 0 bridgehead atoms. The molecular weight excluding hydrogens is 286 g/mol. The lowest BCUT2D eigenvalue weighted by Crippen LogP contribution is -2.38. The van der Waals surface area contributed by atoms with Crippen molar-refractivity contribution in [2.45, 2.75) is 57.6 Å². The van der Waals surface area contributed by atoms with E-state index in [1.165, 1.54) is 0 Å². The normalized spacial score (nSPS) is 12.3. The first-order valence-corrected chi connectivity index (χ1v) is 8.98. The minimum atomic E-state index is -3.51. The Labute approximate surface area is 128 Å². The van der Waals surface area contributed by atoms with E-state index in [-0.39, 0.29) is 11.1 Å². The highest BCUT2D eigenvalue weighted by Crippen LogP contribution is 2.17. The van der Waals surface area contributed by atoms with Gasteiger partial charge in [0.1, 0.15) is 0 Å². The van der Waals surface area contributed by atoms with Crippen LogP contribution >= 0.6 is 0 Å². The largest absolute Gasteiger partial charge is 0.316 e. The standard InChI is InChI=1S/C15H27N3O2S/c1-5-6-7-10-18(13(2)3)21(19,20)15-9-8-14(11-16-4)12-17-15/h8-9,12-13,16H,5-7,10-11H2,1-4H3. The highest BCUT2D eigenvalue weighted by Gasteiger charge is 2.27. The van der Waals surface area contributed by atoms with Gasteiger partial charge >= 0.3 is 0 Å². The molecule has 0 aromatic carbocycles. The van der Waals surface area contributed by atoms with Gasteiger partial charge in [0.15, 0.2) is 5.03 Å². The zero-order valence-electron chi connectivity index (χ0n) is 13.5. The lowest BCUT2D eigenvalue weighted by Gasteiger charge is -2.25. The fourth-order valence-electron chi connectivity index (χ4n) is 2.17. The molecule has 0 aliphatic rings. The number of aromatic nitrogens is 1. The Morgan fingerprint density at radius 3 is 2.48 bits per heavy atom. The molecule has 0 amide bonds. The van der Waals surface area contributed by atoms with Gasteiger partial charge in [-0.2, -0.15) is 4.31 Å². The minimum Gasteiger partial charge on any atom is -0.316 e. The Balaban J connectivity index is 2.93. The van der Waals surface area contributed by atoms with E-state index in [2.05, 4.69) is 17.2 Å². The quantitative estimate of drug-likeness (QED) is 0.711. The molecule has 120 valence electrons. The number of rotatable bonds is 9. The molecule has 0 fully saturated rings. The molecule has 0 aliphatic carbocycles. The summed E-state index contributed by atoms with van der Waals surface area (Å²) in [5, 5.41) is 3.15. The molecule has 0 saturated heterocycles. The van der Waals surface area contributed by atoms with Crippen LogP contribution in [-0.2, 0) is 16.6 Å². The van der Waals surface area contributed by atoms with E-state index in [9.17, 15) is 8.42 Å². The first-order chi connectivity index (χ1) is 9.93. The molecule has 1 rings (SSSR count). The van der Waals surface area contributed by atoms with Crippen LogP contribution in [0.2, 0.25) is 0 Å². The van der Waals surface area contributed by atoms with Gasteiger partial charge in [0, 0.05) is 25.3 Å². The molecule has 0 saturated carbocycles. The summed E-state index contributed by atoms with van der Waals surface area (Å²) in [6.07, 6.45) is 4.61. The Bertz CT molecular complexity index is 512. The van der Waals surface area contributed by atoms with Crippen LogP contribution in [0.5, 0.6) is 0 Å². The maximum atomic E-state index is 12.7. The van der Waals surface area contributed by atoms with Crippen molar-refractivity contribution in [1.29, 1.82) is 0 Å². The molecular formula is C15H27N3O2S. The van der Waals surface area contributed by atoms with Crippen molar-refractivity contribution in [2.24, 2.45) is 0 Å². The molecule has 5 nitrogen and oxygen atoms in total. The van der Waals surface area contributed by atoms with Crippen LogP contribution in [0.15, 0.2) is 23.4 Å². The van der Waals surface area contributed by atoms with Crippen LogP contribution in [0.3, 0.4) is 0 Å². The van der Waals surface area contributed by atoms with Crippen molar-refractivity contribution < 1.29 is 8.42 Å². The van der Waals surface area contributed by atoms with Gasteiger partial charge in [-0.15, -0.1) is 0 Å². The summed E-state index contributed by atoms with van der Waals surface area (Å²) in [6.45, 7) is 7.14. The third-order valence-corrected chi connectivity index (χ3v) is 5.30. The second-order valence-corrected chi connectivity index (χ2v) is 7.29. The summed E-state index contributed by atoms with van der Waals surface area (Å²) >= 11 is 0. The maximum Gasteiger partial charge on any atom is 0.260 e. The van der Waals surface area contributed by atoms with Gasteiger partial charge in [-0.05, 0) is 38.9 Å². The van der Waals surface area contributed by atoms with Crippen LogP contribution in [0, 0.1) is 0 Å². The number of nitrogens with one attached hydrogen (secondary N) is 1.